The van der Waals surface area contributed by atoms with Gasteiger partial charge in [0, 0.05) is 22.5 Å². The molecule has 2 nitrogen and oxygen atoms in total. The number of halogens is 1. The van der Waals surface area contributed by atoms with E-state index in [1.54, 1.807) is 30.5 Å². The summed E-state index contributed by atoms with van der Waals surface area (Å²) in [5.74, 6) is -0.0579. The number of benzene rings is 1. The zero-order chi connectivity index (χ0) is 13.0. The summed E-state index contributed by atoms with van der Waals surface area (Å²) >= 11 is 5.79. The Kier molecular flexibility index (Phi) is 3.90. The minimum Gasteiger partial charge on any atom is -0.289 e. The molecule has 0 radical (unpaired) electrons. The fourth-order valence-electron chi connectivity index (χ4n) is 1.46. The van der Waals surface area contributed by atoms with Crippen LogP contribution in [-0.2, 0) is 0 Å². The zero-order valence-electron chi connectivity index (χ0n) is 9.93. The maximum Gasteiger partial charge on any atom is 0.187 e. The molecule has 3 heteroatoms. The lowest BCUT2D eigenvalue weighted by Gasteiger charge is -1.96. The second kappa shape index (κ2) is 5.61. The zero-order valence-corrected chi connectivity index (χ0v) is 10.7. The molecule has 0 bridgehead atoms. The molecule has 90 valence electrons. The van der Waals surface area contributed by atoms with E-state index in [1.807, 2.05) is 25.1 Å². The van der Waals surface area contributed by atoms with Gasteiger partial charge in [-0.3, -0.25) is 9.78 Å². The SMILES string of the molecule is Cc1ccc(C(=O)/C=C/c2ccc(Cl)cc2)cn1. The number of ketones is 1. The smallest absolute Gasteiger partial charge is 0.187 e. The van der Waals surface area contributed by atoms with Crippen LogP contribution >= 0.6 is 11.6 Å². The van der Waals surface area contributed by atoms with Gasteiger partial charge in [-0.1, -0.05) is 29.8 Å². The van der Waals surface area contributed by atoms with E-state index in [4.69, 9.17) is 11.6 Å². The third kappa shape index (κ3) is 3.28. The first-order valence-corrected chi connectivity index (χ1v) is 5.93. The fourth-order valence-corrected chi connectivity index (χ4v) is 1.58. The first kappa shape index (κ1) is 12.5. The topological polar surface area (TPSA) is 30.0 Å². The van der Waals surface area contributed by atoms with Gasteiger partial charge < -0.3 is 0 Å². The van der Waals surface area contributed by atoms with Crippen LogP contribution in [0.3, 0.4) is 0 Å². The number of hydrogen-bond acceptors (Lipinski definition) is 2. The molecular weight excluding hydrogens is 246 g/mol. The largest absolute Gasteiger partial charge is 0.289 e. The van der Waals surface area contributed by atoms with Crippen LogP contribution in [0.5, 0.6) is 0 Å². The van der Waals surface area contributed by atoms with E-state index < -0.39 is 0 Å². The fraction of sp³-hybridized carbons (Fsp3) is 0.0667. The molecule has 0 aliphatic carbocycles. The number of aryl methyl sites for hydroxylation is 1. The first-order valence-electron chi connectivity index (χ1n) is 5.56. The van der Waals surface area contributed by atoms with E-state index in [9.17, 15) is 4.79 Å². The Balaban J connectivity index is 2.11. The quantitative estimate of drug-likeness (QED) is 0.616. The normalized spacial score (nSPS) is 10.8. The molecule has 2 aromatic rings. The molecule has 0 saturated carbocycles. The van der Waals surface area contributed by atoms with Crippen molar-refractivity contribution in [2.24, 2.45) is 0 Å². The minimum absolute atomic E-state index is 0.0579. The summed E-state index contributed by atoms with van der Waals surface area (Å²) in [6, 6.07) is 10.9. The lowest BCUT2D eigenvalue weighted by Crippen LogP contribution is -1.95. The molecule has 0 atom stereocenters. The van der Waals surface area contributed by atoms with Crippen molar-refractivity contribution in [1.29, 1.82) is 0 Å². The molecule has 0 aliphatic heterocycles. The number of pyridine rings is 1. The highest BCUT2D eigenvalue weighted by Gasteiger charge is 2.01. The summed E-state index contributed by atoms with van der Waals surface area (Å²) in [5, 5.41) is 0.682. The van der Waals surface area contributed by atoms with Gasteiger partial charge in [-0.2, -0.15) is 0 Å². The molecular formula is C15H12ClNO. The predicted octanol–water partition coefficient (Wildman–Crippen LogP) is 3.94. The van der Waals surface area contributed by atoms with Crippen molar-refractivity contribution in [2.75, 3.05) is 0 Å². The Hall–Kier alpha value is -1.93. The number of carbonyl (C=O) groups is 1. The third-order valence-electron chi connectivity index (χ3n) is 2.49. The van der Waals surface area contributed by atoms with Crippen molar-refractivity contribution >= 4 is 23.5 Å². The molecule has 1 heterocycles. The number of nitrogens with zero attached hydrogens (tertiary/aromatic N) is 1. The molecule has 18 heavy (non-hydrogen) atoms. The number of carbonyl (C=O) groups excluding carboxylic acids is 1. The second-order valence-electron chi connectivity index (χ2n) is 3.94. The van der Waals surface area contributed by atoms with Crippen LogP contribution in [0.25, 0.3) is 6.08 Å². The average molecular weight is 258 g/mol. The Morgan fingerprint density at radius 3 is 2.50 bits per heavy atom. The first-order chi connectivity index (χ1) is 8.65. The van der Waals surface area contributed by atoms with Crippen molar-refractivity contribution < 1.29 is 4.79 Å². The summed E-state index contributed by atoms with van der Waals surface area (Å²) < 4.78 is 0. The minimum atomic E-state index is -0.0579. The van der Waals surface area contributed by atoms with Gasteiger partial charge in [0.25, 0.3) is 0 Å². The van der Waals surface area contributed by atoms with E-state index in [-0.39, 0.29) is 5.78 Å². The Bertz CT molecular complexity index is 570. The Morgan fingerprint density at radius 1 is 1.17 bits per heavy atom. The highest BCUT2D eigenvalue weighted by molar-refractivity contribution is 6.30. The second-order valence-corrected chi connectivity index (χ2v) is 4.37. The maximum absolute atomic E-state index is 11.8. The van der Waals surface area contributed by atoms with Gasteiger partial charge in [0.2, 0.25) is 0 Å². The van der Waals surface area contributed by atoms with E-state index >= 15 is 0 Å². The monoisotopic (exact) mass is 257 g/mol. The third-order valence-corrected chi connectivity index (χ3v) is 2.75. The van der Waals surface area contributed by atoms with Gasteiger partial charge in [0.1, 0.15) is 0 Å². The summed E-state index contributed by atoms with van der Waals surface area (Å²) in [5.41, 5.74) is 2.42. The number of allylic oxidation sites excluding steroid dienone is 1. The van der Waals surface area contributed by atoms with Crippen molar-refractivity contribution in [1.82, 2.24) is 4.98 Å². The van der Waals surface area contributed by atoms with E-state index in [2.05, 4.69) is 4.98 Å². The summed E-state index contributed by atoms with van der Waals surface area (Å²) in [4.78, 5) is 15.9. The molecule has 1 aromatic carbocycles. The van der Waals surface area contributed by atoms with Gasteiger partial charge in [-0.05, 0) is 42.8 Å². The van der Waals surface area contributed by atoms with Crippen molar-refractivity contribution in [2.45, 2.75) is 6.92 Å². The molecule has 0 fully saturated rings. The van der Waals surface area contributed by atoms with Crippen molar-refractivity contribution in [3.05, 3.63) is 70.5 Å². The molecule has 0 N–H and O–H groups in total. The van der Waals surface area contributed by atoms with Crippen LogP contribution in [0.1, 0.15) is 21.6 Å². The van der Waals surface area contributed by atoms with Gasteiger partial charge in [0.05, 0.1) is 0 Å². The summed E-state index contributed by atoms with van der Waals surface area (Å²) in [6.45, 7) is 1.89. The average Bonchev–Trinajstić information content (AvgIpc) is 2.38. The molecule has 0 spiro atoms. The molecule has 1 aromatic heterocycles. The van der Waals surface area contributed by atoms with Crippen LogP contribution in [-0.4, -0.2) is 10.8 Å². The van der Waals surface area contributed by atoms with Gasteiger partial charge in [-0.25, -0.2) is 0 Å². The number of hydrogen-bond donors (Lipinski definition) is 0. The lowest BCUT2D eigenvalue weighted by molar-refractivity contribution is 0.104. The predicted molar refractivity (Wildman–Crippen MR) is 73.8 cm³/mol. The van der Waals surface area contributed by atoms with Crippen LogP contribution in [0, 0.1) is 6.92 Å². The van der Waals surface area contributed by atoms with Crippen LogP contribution in [0.4, 0.5) is 0 Å². The molecule has 0 unspecified atom stereocenters. The van der Waals surface area contributed by atoms with E-state index in [0.29, 0.717) is 10.6 Å². The van der Waals surface area contributed by atoms with Crippen LogP contribution < -0.4 is 0 Å². The van der Waals surface area contributed by atoms with Crippen LogP contribution in [0.2, 0.25) is 5.02 Å². The van der Waals surface area contributed by atoms with Gasteiger partial charge in [-0.15, -0.1) is 0 Å². The van der Waals surface area contributed by atoms with E-state index in [0.717, 1.165) is 11.3 Å². The number of aromatic nitrogens is 1. The highest BCUT2D eigenvalue weighted by Crippen LogP contribution is 2.11. The van der Waals surface area contributed by atoms with Gasteiger partial charge >= 0.3 is 0 Å². The van der Waals surface area contributed by atoms with Crippen molar-refractivity contribution in [3.63, 3.8) is 0 Å². The van der Waals surface area contributed by atoms with Crippen LogP contribution in [0.15, 0.2) is 48.7 Å². The van der Waals surface area contributed by atoms with Gasteiger partial charge in [0.15, 0.2) is 5.78 Å². The molecule has 0 saturated heterocycles. The van der Waals surface area contributed by atoms with E-state index in [1.165, 1.54) is 6.08 Å². The summed E-state index contributed by atoms with van der Waals surface area (Å²) in [6.07, 6.45) is 4.89. The molecule has 0 aliphatic rings. The highest BCUT2D eigenvalue weighted by atomic mass is 35.5. The summed E-state index contributed by atoms with van der Waals surface area (Å²) in [7, 11) is 0. The molecule has 0 amide bonds. The number of rotatable bonds is 3. The molecule has 2 rings (SSSR count). The Morgan fingerprint density at radius 2 is 1.89 bits per heavy atom. The standard InChI is InChI=1S/C15H12ClNO/c1-11-2-6-13(10-17-11)15(18)9-5-12-3-7-14(16)8-4-12/h2-10H,1H3/b9-5+. The van der Waals surface area contributed by atoms with Crippen molar-refractivity contribution in [3.8, 4) is 0 Å². The lowest BCUT2D eigenvalue weighted by atomic mass is 10.1. The maximum atomic E-state index is 11.8. The Labute approximate surface area is 111 Å².